The molecule has 1 heterocycles. The van der Waals surface area contributed by atoms with Crippen LogP contribution in [0.2, 0.25) is 0 Å². The number of aromatic nitrogens is 1. The number of rotatable bonds is 3. The zero-order valence-electron chi connectivity index (χ0n) is 9.26. The van der Waals surface area contributed by atoms with E-state index >= 15 is 0 Å². The fourth-order valence-corrected chi connectivity index (χ4v) is 1.82. The molecule has 0 aliphatic heterocycles. The Labute approximate surface area is 114 Å². The number of halogens is 5. The average molecular weight is 336 g/mol. The lowest BCUT2D eigenvalue weighted by molar-refractivity contribution is 0.255. The Morgan fingerprint density at radius 1 is 1.05 bits per heavy atom. The first-order chi connectivity index (χ1) is 8.99. The Balaban J connectivity index is 2.25. The third kappa shape index (κ3) is 3.04. The minimum Gasteiger partial charge on any atom is -0.483 e. The number of benzene rings is 1. The van der Waals surface area contributed by atoms with Crippen LogP contribution in [0.25, 0.3) is 0 Å². The lowest BCUT2D eigenvalue weighted by atomic mass is 10.2. The fourth-order valence-electron chi connectivity index (χ4n) is 1.38. The van der Waals surface area contributed by atoms with Crippen molar-refractivity contribution < 1.29 is 22.3 Å². The molecule has 0 saturated carbocycles. The normalized spacial score (nSPS) is 10.6. The van der Waals surface area contributed by atoms with Gasteiger partial charge in [-0.25, -0.2) is 0 Å². The van der Waals surface area contributed by atoms with Crippen LogP contribution in [-0.4, -0.2) is 4.98 Å². The molecule has 0 radical (unpaired) electrons. The summed E-state index contributed by atoms with van der Waals surface area (Å²) in [5.74, 6) is -7.93. The van der Waals surface area contributed by atoms with Crippen LogP contribution in [0.1, 0.15) is 5.56 Å². The molecule has 2 aromatic rings. The summed E-state index contributed by atoms with van der Waals surface area (Å²) in [5.41, 5.74) is 0.575. The average Bonchev–Trinajstić information content (AvgIpc) is 2.36. The third-order valence-corrected chi connectivity index (χ3v) is 2.72. The van der Waals surface area contributed by atoms with Gasteiger partial charge in [0.15, 0.2) is 0 Å². The summed E-state index contributed by atoms with van der Waals surface area (Å²) in [7, 11) is 0. The highest BCUT2D eigenvalue weighted by Gasteiger charge is 2.22. The van der Waals surface area contributed by atoms with Gasteiger partial charge in [0.1, 0.15) is 6.61 Å². The molecular weight excluding hydrogens is 330 g/mol. The third-order valence-electron chi connectivity index (χ3n) is 2.23. The van der Waals surface area contributed by atoms with E-state index in [1.807, 2.05) is 0 Å². The molecule has 19 heavy (non-hydrogen) atoms. The van der Waals surface area contributed by atoms with Gasteiger partial charge in [-0.3, -0.25) is 0 Å². The second kappa shape index (κ2) is 5.56. The maximum absolute atomic E-state index is 13.2. The van der Waals surface area contributed by atoms with Crippen LogP contribution in [-0.2, 0) is 6.61 Å². The Morgan fingerprint density at radius 3 is 2.26 bits per heavy atom. The quantitative estimate of drug-likeness (QED) is 0.625. The number of hydrogen-bond donors (Lipinski definition) is 0. The van der Waals surface area contributed by atoms with Crippen molar-refractivity contribution in [1.29, 1.82) is 0 Å². The highest BCUT2D eigenvalue weighted by Crippen LogP contribution is 2.25. The highest BCUT2D eigenvalue weighted by molar-refractivity contribution is 9.10. The lowest BCUT2D eigenvalue weighted by Crippen LogP contribution is -2.06. The first kappa shape index (κ1) is 13.8. The molecule has 0 bridgehead atoms. The highest BCUT2D eigenvalue weighted by atomic mass is 79.9. The molecule has 100 valence electrons. The maximum atomic E-state index is 13.2. The van der Waals surface area contributed by atoms with E-state index in [9.17, 15) is 17.6 Å². The monoisotopic (exact) mass is 335 g/mol. The van der Waals surface area contributed by atoms with E-state index in [0.29, 0.717) is 5.56 Å². The standard InChI is InChI=1S/C12H6BrF4NO/c13-7-3-1-2-6(4-7)5-19-10-8(14)11(16)18-12(17)9(10)15/h1-4H,5H2. The molecule has 0 fully saturated rings. The molecule has 0 amide bonds. The van der Waals surface area contributed by atoms with Crippen molar-refractivity contribution >= 4 is 15.9 Å². The number of ether oxygens (including phenoxy) is 1. The van der Waals surface area contributed by atoms with E-state index in [1.54, 1.807) is 24.3 Å². The summed E-state index contributed by atoms with van der Waals surface area (Å²) >= 11 is 3.21. The van der Waals surface area contributed by atoms with Crippen molar-refractivity contribution in [1.82, 2.24) is 4.98 Å². The Kier molecular flexibility index (Phi) is 4.04. The zero-order valence-corrected chi connectivity index (χ0v) is 10.8. The summed E-state index contributed by atoms with van der Waals surface area (Å²) in [5, 5.41) is 0. The minimum atomic E-state index is -1.75. The smallest absolute Gasteiger partial charge is 0.255 e. The lowest BCUT2D eigenvalue weighted by Gasteiger charge is -2.09. The molecule has 0 unspecified atom stereocenters. The van der Waals surface area contributed by atoms with Gasteiger partial charge in [0, 0.05) is 4.47 Å². The SMILES string of the molecule is Fc1nc(F)c(F)c(OCc2cccc(Br)c2)c1F. The molecule has 1 aromatic heterocycles. The largest absolute Gasteiger partial charge is 0.483 e. The number of pyridine rings is 1. The first-order valence-corrected chi connectivity index (χ1v) is 5.85. The predicted molar refractivity (Wildman–Crippen MR) is 62.5 cm³/mol. The molecule has 7 heteroatoms. The van der Waals surface area contributed by atoms with E-state index in [0.717, 1.165) is 4.47 Å². The Bertz CT molecular complexity index is 595. The number of hydrogen-bond acceptors (Lipinski definition) is 2. The summed E-state index contributed by atoms with van der Waals surface area (Å²) in [6.45, 7) is -0.240. The van der Waals surface area contributed by atoms with Gasteiger partial charge in [-0.1, -0.05) is 28.1 Å². The zero-order chi connectivity index (χ0) is 14.0. The summed E-state index contributed by atoms with van der Waals surface area (Å²) in [4.78, 5) is 2.43. The molecule has 0 spiro atoms. The van der Waals surface area contributed by atoms with Crippen LogP contribution in [0.3, 0.4) is 0 Å². The maximum Gasteiger partial charge on any atom is 0.255 e. The minimum absolute atomic E-state index is 0.240. The molecule has 0 atom stereocenters. The molecular formula is C12H6BrF4NO. The van der Waals surface area contributed by atoms with Gasteiger partial charge in [-0.15, -0.1) is 0 Å². The molecule has 0 N–H and O–H groups in total. The van der Waals surface area contributed by atoms with E-state index in [-0.39, 0.29) is 6.61 Å². The second-order valence-corrected chi connectivity index (χ2v) is 4.48. The van der Waals surface area contributed by atoms with Gasteiger partial charge in [0.2, 0.25) is 17.4 Å². The summed E-state index contributed by atoms with van der Waals surface area (Å²) in [6, 6.07) is 6.71. The van der Waals surface area contributed by atoms with Crippen LogP contribution in [0, 0.1) is 23.5 Å². The first-order valence-electron chi connectivity index (χ1n) is 5.06. The van der Waals surface area contributed by atoms with Crippen molar-refractivity contribution in [2.45, 2.75) is 6.61 Å². The predicted octanol–water partition coefficient (Wildman–Crippen LogP) is 3.98. The van der Waals surface area contributed by atoms with Gasteiger partial charge in [0.05, 0.1) is 0 Å². The molecule has 0 aliphatic carbocycles. The Morgan fingerprint density at radius 2 is 1.68 bits per heavy atom. The molecule has 2 nitrogen and oxygen atoms in total. The molecule has 0 saturated heterocycles. The van der Waals surface area contributed by atoms with Gasteiger partial charge >= 0.3 is 0 Å². The fraction of sp³-hybridized carbons (Fsp3) is 0.0833. The number of nitrogens with zero attached hydrogens (tertiary/aromatic N) is 1. The van der Waals surface area contributed by atoms with Gasteiger partial charge in [-0.05, 0) is 17.7 Å². The topological polar surface area (TPSA) is 22.1 Å². The van der Waals surface area contributed by atoms with E-state index < -0.39 is 29.3 Å². The van der Waals surface area contributed by atoms with Crippen LogP contribution in [0.15, 0.2) is 28.7 Å². The van der Waals surface area contributed by atoms with E-state index in [4.69, 9.17) is 4.74 Å². The van der Waals surface area contributed by atoms with Crippen molar-refractivity contribution in [3.63, 3.8) is 0 Å². The van der Waals surface area contributed by atoms with Gasteiger partial charge in [0.25, 0.3) is 11.9 Å². The Hall–Kier alpha value is -1.63. The van der Waals surface area contributed by atoms with Gasteiger partial charge in [-0.2, -0.15) is 22.5 Å². The van der Waals surface area contributed by atoms with Crippen LogP contribution in [0.5, 0.6) is 5.75 Å². The van der Waals surface area contributed by atoms with Crippen LogP contribution >= 0.6 is 15.9 Å². The van der Waals surface area contributed by atoms with Crippen molar-refractivity contribution in [2.75, 3.05) is 0 Å². The molecule has 2 rings (SSSR count). The van der Waals surface area contributed by atoms with Crippen molar-refractivity contribution in [3.8, 4) is 5.75 Å². The van der Waals surface area contributed by atoms with Gasteiger partial charge < -0.3 is 4.74 Å². The molecule has 0 aliphatic rings. The van der Waals surface area contributed by atoms with E-state index in [2.05, 4.69) is 20.9 Å². The summed E-state index contributed by atoms with van der Waals surface area (Å²) in [6.07, 6.45) is 0. The van der Waals surface area contributed by atoms with E-state index in [1.165, 1.54) is 0 Å². The van der Waals surface area contributed by atoms with Crippen molar-refractivity contribution in [3.05, 3.63) is 57.8 Å². The van der Waals surface area contributed by atoms with Crippen molar-refractivity contribution in [2.24, 2.45) is 0 Å². The van der Waals surface area contributed by atoms with Crippen LogP contribution < -0.4 is 4.74 Å². The summed E-state index contributed by atoms with van der Waals surface area (Å²) < 4.78 is 57.7. The van der Waals surface area contributed by atoms with Crippen LogP contribution in [0.4, 0.5) is 17.6 Å². The second-order valence-electron chi connectivity index (χ2n) is 3.57. The molecule has 1 aromatic carbocycles.